The summed E-state index contributed by atoms with van der Waals surface area (Å²) in [5, 5.41) is 14.0. The molecule has 0 saturated carbocycles. The number of rotatable bonds is 4. The Bertz CT molecular complexity index is 571. The van der Waals surface area contributed by atoms with E-state index in [1.165, 1.54) is 6.21 Å². The number of hydrogen-bond donors (Lipinski definition) is 2. The maximum Gasteiger partial charge on any atom is 0.261 e. The van der Waals surface area contributed by atoms with Gasteiger partial charge in [0.1, 0.15) is 18.1 Å². The normalized spacial score (nSPS) is 10.9. The molecule has 0 radical (unpaired) electrons. The number of aromatic nitrogens is 4. The number of nitrogens with one attached hydrogen (secondary N) is 1. The summed E-state index contributed by atoms with van der Waals surface area (Å²) in [4.78, 5) is 11.4. The minimum Gasteiger partial charge on any atom is -0.460 e. The van der Waals surface area contributed by atoms with Crippen molar-refractivity contribution in [3.63, 3.8) is 0 Å². The molecule has 2 rings (SSSR count). The van der Waals surface area contributed by atoms with Crippen LogP contribution in [0.15, 0.2) is 21.7 Å². The number of nitrogens with two attached hydrogens (primary N) is 1. The number of carbonyl (C=O) groups is 1. The average Bonchev–Trinajstić information content (AvgIpc) is 2.89. The second-order valence-corrected chi connectivity index (χ2v) is 3.44. The molecule has 2 aromatic heterocycles. The molecule has 0 unspecified atom stereocenters. The van der Waals surface area contributed by atoms with E-state index >= 15 is 0 Å². The minimum atomic E-state index is -0.395. The number of carbonyl (C=O) groups excluding carboxylic acids is 1. The lowest BCUT2D eigenvalue weighted by Crippen LogP contribution is -2.24. The van der Waals surface area contributed by atoms with Crippen LogP contribution in [0.1, 0.15) is 11.5 Å². The summed E-state index contributed by atoms with van der Waals surface area (Å²) in [6.07, 6.45) is 1.40. The number of tetrazole rings is 1. The molecule has 1 amide bonds. The van der Waals surface area contributed by atoms with Crippen LogP contribution in [0.5, 0.6) is 0 Å². The third-order valence-electron chi connectivity index (χ3n) is 2.00. The van der Waals surface area contributed by atoms with E-state index in [2.05, 4.69) is 26.1 Å². The fourth-order valence-electron chi connectivity index (χ4n) is 1.19. The van der Waals surface area contributed by atoms with Gasteiger partial charge in [0.05, 0.1) is 6.21 Å². The summed E-state index contributed by atoms with van der Waals surface area (Å²) in [5.74, 6) is 0.989. The molecule has 0 aromatic carbocycles. The number of nitrogens with zero attached hydrogens (tertiary/aromatic N) is 5. The second kappa shape index (κ2) is 5.08. The van der Waals surface area contributed by atoms with Crippen molar-refractivity contribution in [2.45, 2.75) is 13.5 Å². The Labute approximate surface area is 102 Å². The van der Waals surface area contributed by atoms with Gasteiger partial charge in [-0.05, 0) is 29.5 Å². The summed E-state index contributed by atoms with van der Waals surface area (Å²) < 4.78 is 6.39. The molecular formula is C9H11N7O2. The number of aryl methyl sites for hydroxylation is 1. The van der Waals surface area contributed by atoms with Crippen molar-refractivity contribution in [3.8, 4) is 0 Å². The van der Waals surface area contributed by atoms with Gasteiger partial charge in [-0.3, -0.25) is 4.79 Å². The molecule has 0 atom stereocenters. The van der Waals surface area contributed by atoms with E-state index in [9.17, 15) is 4.79 Å². The molecule has 2 aromatic rings. The minimum absolute atomic E-state index is 0.0655. The number of anilines is 1. The Morgan fingerprint density at radius 1 is 1.67 bits per heavy atom. The van der Waals surface area contributed by atoms with Crippen LogP contribution >= 0.6 is 0 Å². The summed E-state index contributed by atoms with van der Waals surface area (Å²) in [6.45, 7) is 1.71. The number of amides is 1. The van der Waals surface area contributed by atoms with Crippen LogP contribution in [0.25, 0.3) is 0 Å². The fourth-order valence-corrected chi connectivity index (χ4v) is 1.19. The molecule has 0 aliphatic rings. The van der Waals surface area contributed by atoms with Crippen molar-refractivity contribution in [3.05, 3.63) is 23.7 Å². The van der Waals surface area contributed by atoms with E-state index in [1.807, 2.05) is 6.92 Å². The van der Waals surface area contributed by atoms with Gasteiger partial charge in [0, 0.05) is 0 Å². The quantitative estimate of drug-likeness (QED) is 0.545. The smallest absolute Gasteiger partial charge is 0.261 e. The van der Waals surface area contributed by atoms with E-state index in [1.54, 1.807) is 12.1 Å². The number of hydrogen-bond acceptors (Lipinski definition) is 7. The lowest BCUT2D eigenvalue weighted by molar-refractivity contribution is -0.121. The number of hydrazone groups is 1. The van der Waals surface area contributed by atoms with E-state index < -0.39 is 5.91 Å². The summed E-state index contributed by atoms with van der Waals surface area (Å²) in [7, 11) is 0. The molecule has 3 N–H and O–H groups in total. The Morgan fingerprint density at radius 2 is 2.50 bits per heavy atom. The maximum atomic E-state index is 11.4. The largest absolute Gasteiger partial charge is 0.460 e. The van der Waals surface area contributed by atoms with Crippen molar-refractivity contribution >= 4 is 18.1 Å². The Balaban J connectivity index is 1.85. The monoisotopic (exact) mass is 249 g/mol. The zero-order valence-electron chi connectivity index (χ0n) is 9.57. The van der Waals surface area contributed by atoms with Gasteiger partial charge in [0.15, 0.2) is 0 Å². The molecule has 0 aliphatic heterocycles. The van der Waals surface area contributed by atoms with Crippen molar-refractivity contribution in [2.75, 3.05) is 5.73 Å². The van der Waals surface area contributed by atoms with Crippen molar-refractivity contribution in [2.24, 2.45) is 5.10 Å². The van der Waals surface area contributed by atoms with Crippen LogP contribution in [0.4, 0.5) is 5.95 Å². The first-order valence-electron chi connectivity index (χ1n) is 5.05. The van der Waals surface area contributed by atoms with Gasteiger partial charge in [-0.1, -0.05) is 5.10 Å². The lowest BCUT2D eigenvalue weighted by atomic mass is 10.4. The molecule has 0 spiro atoms. The molecule has 0 bridgehead atoms. The van der Waals surface area contributed by atoms with E-state index in [0.29, 0.717) is 5.76 Å². The van der Waals surface area contributed by atoms with Crippen LogP contribution in [0, 0.1) is 6.92 Å². The molecule has 9 nitrogen and oxygen atoms in total. The van der Waals surface area contributed by atoms with Crippen LogP contribution in [-0.4, -0.2) is 32.3 Å². The Kier molecular flexibility index (Phi) is 3.32. The topological polar surface area (TPSA) is 124 Å². The van der Waals surface area contributed by atoms with Gasteiger partial charge >= 0.3 is 0 Å². The highest BCUT2D eigenvalue weighted by atomic mass is 16.3. The predicted octanol–water partition coefficient (Wildman–Crippen LogP) is -0.693. The van der Waals surface area contributed by atoms with Gasteiger partial charge in [0.25, 0.3) is 5.91 Å². The van der Waals surface area contributed by atoms with Gasteiger partial charge in [-0.2, -0.15) is 5.10 Å². The summed E-state index contributed by atoms with van der Waals surface area (Å²) in [6, 6.07) is 3.54. The maximum absolute atomic E-state index is 11.4. The van der Waals surface area contributed by atoms with Crippen LogP contribution in [0.3, 0.4) is 0 Å². The van der Waals surface area contributed by atoms with E-state index in [4.69, 9.17) is 10.2 Å². The third-order valence-corrected chi connectivity index (χ3v) is 2.00. The molecule has 9 heteroatoms. The summed E-state index contributed by atoms with van der Waals surface area (Å²) in [5.41, 5.74) is 7.71. The van der Waals surface area contributed by atoms with Gasteiger partial charge in [0.2, 0.25) is 5.95 Å². The molecule has 0 aliphatic carbocycles. The van der Waals surface area contributed by atoms with E-state index in [-0.39, 0.29) is 12.5 Å². The van der Waals surface area contributed by atoms with Crippen LogP contribution < -0.4 is 11.2 Å². The molecule has 0 fully saturated rings. The predicted molar refractivity (Wildman–Crippen MR) is 61.4 cm³/mol. The molecule has 0 saturated heterocycles. The summed E-state index contributed by atoms with van der Waals surface area (Å²) >= 11 is 0. The first kappa shape index (κ1) is 11.8. The first-order chi connectivity index (χ1) is 8.65. The van der Waals surface area contributed by atoms with Gasteiger partial charge in [-0.25, -0.2) is 10.1 Å². The van der Waals surface area contributed by atoms with Crippen LogP contribution in [0.2, 0.25) is 0 Å². The first-order valence-corrected chi connectivity index (χ1v) is 5.05. The fraction of sp³-hybridized carbons (Fsp3) is 0.222. The van der Waals surface area contributed by atoms with Crippen molar-refractivity contribution in [1.29, 1.82) is 0 Å². The van der Waals surface area contributed by atoms with Gasteiger partial charge in [-0.15, -0.1) is 0 Å². The van der Waals surface area contributed by atoms with E-state index in [0.717, 1.165) is 10.4 Å². The molecule has 18 heavy (non-hydrogen) atoms. The number of nitrogen functional groups attached to an aromatic ring is 1. The molecule has 2 heterocycles. The Morgan fingerprint density at radius 3 is 3.11 bits per heavy atom. The van der Waals surface area contributed by atoms with Crippen molar-refractivity contribution in [1.82, 2.24) is 25.6 Å². The van der Waals surface area contributed by atoms with Gasteiger partial charge < -0.3 is 10.2 Å². The highest BCUT2D eigenvalue weighted by Gasteiger charge is 2.06. The second-order valence-electron chi connectivity index (χ2n) is 3.44. The highest BCUT2D eigenvalue weighted by Crippen LogP contribution is 2.02. The molecular weight excluding hydrogens is 238 g/mol. The lowest BCUT2D eigenvalue weighted by Gasteiger charge is -1.99. The Hall–Kier alpha value is -2.71. The molecule has 94 valence electrons. The average molecular weight is 249 g/mol. The zero-order chi connectivity index (χ0) is 13.0. The van der Waals surface area contributed by atoms with Crippen LogP contribution in [-0.2, 0) is 11.3 Å². The van der Waals surface area contributed by atoms with Crippen molar-refractivity contribution < 1.29 is 9.21 Å². The third kappa shape index (κ3) is 2.90. The SMILES string of the molecule is Cc1ccc(/C=N\NC(=O)Cn2nnnc2N)o1. The number of furan rings is 1. The highest BCUT2D eigenvalue weighted by molar-refractivity contribution is 5.80. The standard InChI is InChI=1S/C9H11N7O2/c1-6-2-3-7(18-6)4-11-12-8(17)5-16-9(10)13-14-15-16/h2-4H,5H2,1H3,(H,12,17)(H2,10,13,15)/b11-4-. The zero-order valence-corrected chi connectivity index (χ0v) is 9.57.